The maximum absolute atomic E-state index is 13.0. The fourth-order valence-electron chi connectivity index (χ4n) is 3.82. The Morgan fingerprint density at radius 2 is 1.77 bits per heavy atom. The Hall–Kier alpha value is -3.25. The van der Waals surface area contributed by atoms with Crippen LogP contribution in [-0.4, -0.2) is 30.5 Å². The number of benzene rings is 2. The van der Waals surface area contributed by atoms with Gasteiger partial charge in [-0.25, -0.2) is 0 Å². The SMILES string of the molecule is COc1cc(OC)c(NC(=O)C2CCn3c(C(=O)c4ccccc4)ccc32)cc1Cl. The normalized spacial score (nSPS) is 14.8. The first-order chi connectivity index (χ1) is 14.5. The van der Waals surface area contributed by atoms with Gasteiger partial charge in [0.25, 0.3) is 0 Å². The van der Waals surface area contributed by atoms with Gasteiger partial charge in [-0.05, 0) is 24.6 Å². The predicted molar refractivity (Wildman–Crippen MR) is 115 cm³/mol. The van der Waals surface area contributed by atoms with Crippen LogP contribution in [0.25, 0.3) is 0 Å². The monoisotopic (exact) mass is 424 g/mol. The highest BCUT2D eigenvalue weighted by molar-refractivity contribution is 6.32. The molecule has 1 N–H and O–H groups in total. The van der Waals surface area contributed by atoms with Crippen molar-refractivity contribution in [2.24, 2.45) is 0 Å². The van der Waals surface area contributed by atoms with E-state index in [1.165, 1.54) is 14.2 Å². The molecule has 1 aromatic heterocycles. The summed E-state index contributed by atoms with van der Waals surface area (Å²) in [6.45, 7) is 0.606. The minimum absolute atomic E-state index is 0.0495. The minimum atomic E-state index is -0.368. The largest absolute Gasteiger partial charge is 0.495 e. The van der Waals surface area contributed by atoms with E-state index in [4.69, 9.17) is 21.1 Å². The first-order valence-electron chi connectivity index (χ1n) is 9.55. The van der Waals surface area contributed by atoms with Crippen LogP contribution in [0, 0.1) is 0 Å². The standard InChI is InChI=1S/C23H21ClN2O4/c1-29-20-13-21(30-2)17(12-16(20)24)25-23(28)15-10-11-26-18(15)8-9-19(26)22(27)14-6-4-3-5-7-14/h3-9,12-13,15H,10-11H2,1-2H3,(H,25,28). The molecule has 1 amide bonds. The van der Waals surface area contributed by atoms with E-state index in [-0.39, 0.29) is 17.6 Å². The summed E-state index contributed by atoms with van der Waals surface area (Å²) in [6, 6.07) is 16.0. The number of ketones is 1. The van der Waals surface area contributed by atoms with Crippen LogP contribution in [0.4, 0.5) is 5.69 Å². The summed E-state index contributed by atoms with van der Waals surface area (Å²) in [4.78, 5) is 25.9. The van der Waals surface area contributed by atoms with Crippen molar-refractivity contribution in [3.8, 4) is 11.5 Å². The molecule has 7 heteroatoms. The molecular weight excluding hydrogens is 404 g/mol. The highest BCUT2D eigenvalue weighted by Gasteiger charge is 2.32. The number of fused-ring (bicyclic) bond motifs is 1. The fraction of sp³-hybridized carbons (Fsp3) is 0.217. The number of carbonyl (C=O) groups is 2. The molecule has 0 bridgehead atoms. The van der Waals surface area contributed by atoms with Crippen molar-refractivity contribution in [3.63, 3.8) is 0 Å². The Kier molecular flexibility index (Phi) is 5.50. The third kappa shape index (κ3) is 3.55. The average Bonchev–Trinajstić information content (AvgIpc) is 3.36. The quantitative estimate of drug-likeness (QED) is 0.591. The maximum Gasteiger partial charge on any atom is 0.233 e. The Bertz CT molecular complexity index is 1110. The number of nitrogens with one attached hydrogen (secondary N) is 1. The van der Waals surface area contributed by atoms with Crippen molar-refractivity contribution in [3.05, 3.63) is 76.6 Å². The summed E-state index contributed by atoms with van der Waals surface area (Å²) < 4.78 is 12.5. The van der Waals surface area contributed by atoms with Crippen LogP contribution in [-0.2, 0) is 11.3 Å². The number of amides is 1. The molecule has 2 heterocycles. The van der Waals surface area contributed by atoms with Gasteiger partial charge in [0.1, 0.15) is 11.5 Å². The van der Waals surface area contributed by atoms with E-state index in [1.807, 2.05) is 28.8 Å². The van der Waals surface area contributed by atoms with E-state index in [0.29, 0.717) is 46.4 Å². The molecule has 30 heavy (non-hydrogen) atoms. The number of hydrogen-bond acceptors (Lipinski definition) is 4. The van der Waals surface area contributed by atoms with E-state index < -0.39 is 0 Å². The summed E-state index contributed by atoms with van der Waals surface area (Å²) in [5.74, 6) is 0.327. The highest BCUT2D eigenvalue weighted by atomic mass is 35.5. The van der Waals surface area contributed by atoms with Crippen LogP contribution in [0.2, 0.25) is 5.02 Å². The smallest absolute Gasteiger partial charge is 0.233 e. The number of rotatable bonds is 6. The first kappa shape index (κ1) is 20.0. The number of ether oxygens (including phenoxy) is 2. The number of carbonyl (C=O) groups excluding carboxylic acids is 2. The summed E-state index contributed by atoms with van der Waals surface area (Å²) >= 11 is 6.21. The van der Waals surface area contributed by atoms with E-state index in [0.717, 1.165) is 5.69 Å². The van der Waals surface area contributed by atoms with Crippen LogP contribution >= 0.6 is 11.6 Å². The van der Waals surface area contributed by atoms with Gasteiger partial charge >= 0.3 is 0 Å². The molecule has 0 radical (unpaired) electrons. The molecule has 3 aromatic rings. The molecule has 0 fully saturated rings. The van der Waals surface area contributed by atoms with Gasteiger partial charge in [-0.2, -0.15) is 0 Å². The van der Waals surface area contributed by atoms with Gasteiger partial charge in [0.15, 0.2) is 0 Å². The molecule has 1 unspecified atom stereocenters. The molecule has 0 aliphatic carbocycles. The third-order valence-electron chi connectivity index (χ3n) is 5.33. The lowest BCUT2D eigenvalue weighted by atomic mass is 10.0. The van der Waals surface area contributed by atoms with E-state index in [1.54, 1.807) is 30.3 Å². The van der Waals surface area contributed by atoms with Crippen molar-refractivity contribution < 1.29 is 19.1 Å². The summed E-state index contributed by atoms with van der Waals surface area (Å²) in [6.07, 6.45) is 0.614. The predicted octanol–water partition coefficient (Wildman–Crippen LogP) is 4.52. The second-order valence-electron chi connectivity index (χ2n) is 7.01. The third-order valence-corrected chi connectivity index (χ3v) is 5.63. The lowest BCUT2D eigenvalue weighted by Crippen LogP contribution is -2.20. The van der Waals surface area contributed by atoms with Gasteiger partial charge in [0, 0.05) is 23.9 Å². The topological polar surface area (TPSA) is 69.6 Å². The molecule has 1 atom stereocenters. The van der Waals surface area contributed by atoms with Crippen LogP contribution in [0.5, 0.6) is 11.5 Å². The van der Waals surface area contributed by atoms with Crippen LogP contribution < -0.4 is 14.8 Å². The zero-order valence-electron chi connectivity index (χ0n) is 16.6. The molecular formula is C23H21ClN2O4. The Labute approximate surface area is 179 Å². The number of hydrogen-bond donors (Lipinski definition) is 1. The molecule has 0 saturated carbocycles. The van der Waals surface area contributed by atoms with Gasteiger partial charge < -0.3 is 19.4 Å². The fourth-order valence-corrected chi connectivity index (χ4v) is 4.06. The molecule has 6 nitrogen and oxygen atoms in total. The van der Waals surface area contributed by atoms with Crippen molar-refractivity contribution in [2.75, 3.05) is 19.5 Å². The Morgan fingerprint density at radius 1 is 1.03 bits per heavy atom. The first-order valence-corrected chi connectivity index (χ1v) is 9.93. The molecule has 0 spiro atoms. The van der Waals surface area contributed by atoms with Crippen molar-refractivity contribution in [2.45, 2.75) is 18.9 Å². The van der Waals surface area contributed by atoms with Gasteiger partial charge in [0.05, 0.1) is 36.5 Å². The van der Waals surface area contributed by atoms with Gasteiger partial charge in [0.2, 0.25) is 11.7 Å². The summed E-state index contributed by atoms with van der Waals surface area (Å²) in [5.41, 5.74) is 2.52. The maximum atomic E-state index is 13.0. The zero-order valence-corrected chi connectivity index (χ0v) is 17.4. The average molecular weight is 425 g/mol. The number of halogens is 1. The Balaban J connectivity index is 1.57. The number of aromatic nitrogens is 1. The van der Waals surface area contributed by atoms with Crippen molar-refractivity contribution in [1.82, 2.24) is 4.57 Å². The van der Waals surface area contributed by atoms with E-state index >= 15 is 0 Å². The molecule has 1 aliphatic heterocycles. The van der Waals surface area contributed by atoms with Gasteiger partial charge in [-0.1, -0.05) is 41.9 Å². The van der Waals surface area contributed by atoms with Crippen LogP contribution in [0.1, 0.15) is 34.1 Å². The molecule has 0 saturated heterocycles. The van der Waals surface area contributed by atoms with Crippen molar-refractivity contribution in [1.29, 1.82) is 0 Å². The molecule has 1 aliphatic rings. The van der Waals surface area contributed by atoms with Crippen LogP contribution in [0.15, 0.2) is 54.6 Å². The summed E-state index contributed by atoms with van der Waals surface area (Å²) in [7, 11) is 3.03. The number of anilines is 1. The minimum Gasteiger partial charge on any atom is -0.495 e. The van der Waals surface area contributed by atoms with Crippen molar-refractivity contribution >= 4 is 29.0 Å². The Morgan fingerprint density at radius 3 is 2.47 bits per heavy atom. The summed E-state index contributed by atoms with van der Waals surface area (Å²) in [5, 5.41) is 3.28. The van der Waals surface area contributed by atoms with E-state index in [9.17, 15) is 9.59 Å². The highest BCUT2D eigenvalue weighted by Crippen LogP contribution is 2.38. The molecule has 4 rings (SSSR count). The van der Waals surface area contributed by atoms with Gasteiger partial charge in [-0.3, -0.25) is 9.59 Å². The zero-order chi connectivity index (χ0) is 21.3. The number of nitrogens with zero attached hydrogens (tertiary/aromatic N) is 1. The number of methoxy groups -OCH3 is 2. The lowest BCUT2D eigenvalue weighted by Gasteiger charge is -2.15. The lowest BCUT2D eigenvalue weighted by molar-refractivity contribution is -0.117. The van der Waals surface area contributed by atoms with Gasteiger partial charge in [-0.15, -0.1) is 0 Å². The molecule has 154 valence electrons. The van der Waals surface area contributed by atoms with E-state index in [2.05, 4.69) is 5.32 Å². The molecule has 2 aromatic carbocycles. The van der Waals surface area contributed by atoms with Crippen LogP contribution in [0.3, 0.4) is 0 Å². The second-order valence-corrected chi connectivity index (χ2v) is 7.41. The second kappa shape index (κ2) is 8.24.